The zero-order valence-corrected chi connectivity index (χ0v) is 18.7. The monoisotopic (exact) mass is 477 g/mol. The Labute approximate surface area is 197 Å². The van der Waals surface area contributed by atoms with Crippen molar-refractivity contribution in [2.45, 2.75) is 6.54 Å². The molecule has 0 atom stereocenters. The van der Waals surface area contributed by atoms with Gasteiger partial charge in [0.2, 0.25) is 5.76 Å². The molecule has 0 saturated heterocycles. The van der Waals surface area contributed by atoms with Crippen molar-refractivity contribution < 1.29 is 28.2 Å². The molecule has 0 radical (unpaired) electrons. The molecule has 9 heteroatoms. The predicted octanol–water partition coefficient (Wildman–Crippen LogP) is 4.02. The molecule has 8 nitrogen and oxygen atoms in total. The molecule has 0 saturated carbocycles. The fraction of sp³-hybridized carbons (Fsp3) is 0.160. The van der Waals surface area contributed by atoms with Crippen LogP contribution in [0.1, 0.15) is 15.4 Å². The van der Waals surface area contributed by atoms with Crippen LogP contribution in [0.5, 0.6) is 11.5 Å². The maximum atomic E-state index is 13.1. The molecule has 5 rings (SSSR count). The lowest BCUT2D eigenvalue weighted by Crippen LogP contribution is -2.34. The number of amides is 1. The van der Waals surface area contributed by atoms with Crippen LogP contribution in [-0.2, 0) is 16.1 Å². The third-order valence-corrected chi connectivity index (χ3v) is 6.06. The minimum atomic E-state index is -0.894. The lowest BCUT2D eigenvalue weighted by atomic mass is 10.2. The number of benzene rings is 2. The zero-order valence-electron chi connectivity index (χ0n) is 17.9. The van der Waals surface area contributed by atoms with Crippen LogP contribution in [0.4, 0.5) is 5.69 Å². The first-order chi connectivity index (χ1) is 16.6. The van der Waals surface area contributed by atoms with Gasteiger partial charge in [-0.15, -0.1) is 11.3 Å². The molecular weight excluding hydrogens is 458 g/mol. The predicted molar refractivity (Wildman–Crippen MR) is 126 cm³/mol. The van der Waals surface area contributed by atoms with E-state index in [0.29, 0.717) is 42.3 Å². The molecule has 3 heterocycles. The molecule has 0 spiro atoms. The van der Waals surface area contributed by atoms with Crippen molar-refractivity contribution in [1.29, 1.82) is 0 Å². The van der Waals surface area contributed by atoms with Crippen molar-refractivity contribution in [2.24, 2.45) is 0 Å². The normalized spacial score (nSPS) is 12.4. The number of para-hydroxylation sites is 1. The van der Waals surface area contributed by atoms with Gasteiger partial charge in [-0.3, -0.25) is 9.59 Å². The average Bonchev–Trinajstić information content (AvgIpc) is 3.39. The second-order valence-corrected chi connectivity index (χ2v) is 8.47. The van der Waals surface area contributed by atoms with Gasteiger partial charge in [0.1, 0.15) is 18.8 Å². The molecule has 2 aromatic carbocycles. The molecule has 0 bridgehead atoms. The topological polar surface area (TPSA) is 95.3 Å². The molecular formula is C25H19NO7S. The maximum absolute atomic E-state index is 13.1. The SMILES string of the molecule is O=C(OCC(=O)N(Cc1cccs1)c1ccc2c(c1)OCCO2)c1cc(=O)c2ccccc2o1. The summed E-state index contributed by atoms with van der Waals surface area (Å²) in [4.78, 5) is 40.4. The van der Waals surface area contributed by atoms with E-state index in [1.54, 1.807) is 42.5 Å². The Kier molecular flexibility index (Phi) is 6.01. The third-order valence-electron chi connectivity index (χ3n) is 5.20. The smallest absolute Gasteiger partial charge is 0.374 e. The van der Waals surface area contributed by atoms with Crippen LogP contribution in [0.2, 0.25) is 0 Å². The summed E-state index contributed by atoms with van der Waals surface area (Å²) in [7, 11) is 0. The van der Waals surface area contributed by atoms with Crippen LogP contribution in [-0.4, -0.2) is 31.7 Å². The molecule has 0 unspecified atom stereocenters. The van der Waals surface area contributed by atoms with E-state index < -0.39 is 18.5 Å². The van der Waals surface area contributed by atoms with Crippen LogP contribution < -0.4 is 19.8 Å². The van der Waals surface area contributed by atoms with Crippen LogP contribution in [0.3, 0.4) is 0 Å². The number of hydrogen-bond acceptors (Lipinski definition) is 8. The van der Waals surface area contributed by atoms with E-state index >= 15 is 0 Å². The van der Waals surface area contributed by atoms with Gasteiger partial charge in [-0.05, 0) is 35.7 Å². The van der Waals surface area contributed by atoms with Gasteiger partial charge >= 0.3 is 5.97 Å². The summed E-state index contributed by atoms with van der Waals surface area (Å²) in [6.07, 6.45) is 0. The number of thiophene rings is 1. The summed E-state index contributed by atoms with van der Waals surface area (Å²) in [6, 6.07) is 16.7. The van der Waals surface area contributed by atoms with Crippen molar-refractivity contribution in [2.75, 3.05) is 24.7 Å². The molecule has 172 valence electrons. The molecule has 0 aliphatic carbocycles. The molecule has 1 aliphatic heterocycles. The van der Waals surface area contributed by atoms with E-state index in [0.717, 1.165) is 10.9 Å². The number of fused-ring (bicyclic) bond motifs is 2. The Bertz CT molecular complexity index is 1410. The van der Waals surface area contributed by atoms with Crippen molar-refractivity contribution >= 4 is 39.9 Å². The lowest BCUT2D eigenvalue weighted by molar-refractivity contribution is -0.121. The summed E-state index contributed by atoms with van der Waals surface area (Å²) < 4.78 is 21.9. The number of rotatable bonds is 6. The van der Waals surface area contributed by atoms with E-state index in [2.05, 4.69) is 0 Å². The molecule has 2 aromatic heterocycles. The molecule has 34 heavy (non-hydrogen) atoms. The highest BCUT2D eigenvalue weighted by atomic mass is 32.1. The fourth-order valence-corrected chi connectivity index (χ4v) is 4.26. The molecule has 0 N–H and O–H groups in total. The van der Waals surface area contributed by atoms with E-state index in [1.807, 2.05) is 17.5 Å². The second-order valence-electron chi connectivity index (χ2n) is 7.43. The van der Waals surface area contributed by atoms with E-state index in [1.165, 1.54) is 16.2 Å². The number of nitrogens with zero attached hydrogens (tertiary/aromatic N) is 1. The molecule has 1 aliphatic rings. The number of anilines is 1. The van der Waals surface area contributed by atoms with Gasteiger partial charge in [0.25, 0.3) is 5.91 Å². The van der Waals surface area contributed by atoms with Crippen LogP contribution in [0, 0.1) is 0 Å². The van der Waals surface area contributed by atoms with Crippen LogP contribution >= 0.6 is 11.3 Å². The summed E-state index contributed by atoms with van der Waals surface area (Å²) in [6.45, 7) is 0.642. The van der Waals surface area contributed by atoms with Crippen molar-refractivity contribution in [3.05, 3.63) is 86.9 Å². The van der Waals surface area contributed by atoms with Gasteiger partial charge in [-0.2, -0.15) is 0 Å². The Morgan fingerprint density at radius 1 is 0.971 bits per heavy atom. The fourth-order valence-electron chi connectivity index (χ4n) is 3.56. The lowest BCUT2D eigenvalue weighted by Gasteiger charge is -2.25. The van der Waals surface area contributed by atoms with E-state index in [-0.39, 0.29) is 16.8 Å². The van der Waals surface area contributed by atoms with Gasteiger partial charge in [-0.1, -0.05) is 18.2 Å². The Morgan fingerprint density at radius 2 is 1.79 bits per heavy atom. The summed E-state index contributed by atoms with van der Waals surface area (Å²) in [5.74, 6) is -0.449. The van der Waals surface area contributed by atoms with Crippen molar-refractivity contribution in [3.63, 3.8) is 0 Å². The molecule has 1 amide bonds. The molecule has 4 aromatic rings. The standard InChI is InChI=1S/C25H19NO7S/c27-19-13-23(33-20-6-2-1-5-18(19)20)25(29)32-15-24(28)26(14-17-4-3-11-34-17)16-7-8-21-22(12-16)31-10-9-30-21/h1-8,11-13H,9-10,14-15H2. The van der Waals surface area contributed by atoms with Crippen molar-refractivity contribution in [3.8, 4) is 11.5 Å². The quantitative estimate of drug-likeness (QED) is 0.387. The van der Waals surface area contributed by atoms with Gasteiger partial charge in [0.15, 0.2) is 23.5 Å². The molecule has 0 fully saturated rings. The van der Waals surface area contributed by atoms with Crippen molar-refractivity contribution in [1.82, 2.24) is 0 Å². The first-order valence-electron chi connectivity index (χ1n) is 10.5. The first-order valence-corrected chi connectivity index (χ1v) is 11.4. The average molecular weight is 477 g/mol. The Morgan fingerprint density at radius 3 is 2.62 bits per heavy atom. The number of hydrogen-bond donors (Lipinski definition) is 0. The number of carbonyl (C=O) groups excluding carboxylic acids is 2. The first kappa shape index (κ1) is 21.7. The van der Waals surface area contributed by atoms with E-state index in [9.17, 15) is 14.4 Å². The summed E-state index contributed by atoms with van der Waals surface area (Å²) >= 11 is 1.51. The summed E-state index contributed by atoms with van der Waals surface area (Å²) in [5, 5.41) is 2.28. The minimum Gasteiger partial charge on any atom is -0.486 e. The van der Waals surface area contributed by atoms with Gasteiger partial charge in [0.05, 0.1) is 11.9 Å². The highest BCUT2D eigenvalue weighted by Gasteiger charge is 2.23. The van der Waals surface area contributed by atoms with Gasteiger partial charge < -0.3 is 23.5 Å². The summed E-state index contributed by atoms with van der Waals surface area (Å²) in [5.41, 5.74) is 0.482. The Balaban J connectivity index is 1.35. The number of ether oxygens (including phenoxy) is 3. The van der Waals surface area contributed by atoms with E-state index in [4.69, 9.17) is 18.6 Å². The zero-order chi connectivity index (χ0) is 23.5. The highest BCUT2D eigenvalue weighted by molar-refractivity contribution is 7.09. The minimum absolute atomic E-state index is 0.263. The third kappa shape index (κ3) is 4.51. The van der Waals surface area contributed by atoms with Crippen LogP contribution in [0.25, 0.3) is 11.0 Å². The largest absolute Gasteiger partial charge is 0.486 e. The van der Waals surface area contributed by atoms with Gasteiger partial charge in [-0.25, -0.2) is 4.79 Å². The van der Waals surface area contributed by atoms with Crippen LogP contribution in [0.15, 0.2) is 75.3 Å². The second kappa shape index (κ2) is 9.40. The number of esters is 1. The highest BCUT2D eigenvalue weighted by Crippen LogP contribution is 2.34. The maximum Gasteiger partial charge on any atom is 0.374 e. The number of carbonyl (C=O) groups is 2. The Hall–Kier alpha value is -4.11. The van der Waals surface area contributed by atoms with Gasteiger partial charge in [0, 0.05) is 22.7 Å².